The molecule has 2 amide bonds. The van der Waals surface area contributed by atoms with E-state index < -0.39 is 10.8 Å². The molecule has 9 heteroatoms. The van der Waals surface area contributed by atoms with Gasteiger partial charge >= 0.3 is 0 Å². The van der Waals surface area contributed by atoms with Gasteiger partial charge in [0.15, 0.2) is 0 Å². The molecule has 0 atom stereocenters. The Labute approximate surface area is 190 Å². The van der Waals surface area contributed by atoms with Gasteiger partial charge in [0, 0.05) is 48.5 Å². The van der Waals surface area contributed by atoms with Crippen molar-refractivity contribution in [1.29, 1.82) is 0 Å². The lowest BCUT2D eigenvalue weighted by Gasteiger charge is -2.12. The van der Waals surface area contributed by atoms with Gasteiger partial charge in [-0.15, -0.1) is 0 Å². The molecule has 0 aliphatic rings. The van der Waals surface area contributed by atoms with Crippen molar-refractivity contribution >= 4 is 40.5 Å². The number of rotatable bonds is 7. The minimum atomic E-state index is -0.548. The second-order valence-electron chi connectivity index (χ2n) is 7.17. The molecule has 0 aliphatic heterocycles. The Bertz CT molecular complexity index is 1160. The molecule has 164 valence electrons. The zero-order valence-electron chi connectivity index (χ0n) is 17.5. The molecule has 0 spiro atoms. The van der Waals surface area contributed by atoms with Gasteiger partial charge in [0.25, 0.3) is 17.5 Å². The minimum absolute atomic E-state index is 0.133. The highest BCUT2D eigenvalue weighted by molar-refractivity contribution is 6.31. The van der Waals surface area contributed by atoms with E-state index in [1.165, 1.54) is 23.1 Å². The van der Waals surface area contributed by atoms with Crippen LogP contribution in [0.25, 0.3) is 0 Å². The van der Waals surface area contributed by atoms with Gasteiger partial charge in [-0.25, -0.2) is 0 Å². The molecule has 0 bridgehead atoms. The van der Waals surface area contributed by atoms with Crippen molar-refractivity contribution in [3.63, 3.8) is 0 Å². The molecule has 0 fully saturated rings. The molecule has 0 heterocycles. The van der Waals surface area contributed by atoms with Gasteiger partial charge in [0.05, 0.1) is 4.92 Å². The Morgan fingerprint density at radius 3 is 2.28 bits per heavy atom. The fraction of sp³-hybridized carbons (Fsp3) is 0.130. The maximum absolute atomic E-state index is 12.6. The van der Waals surface area contributed by atoms with E-state index >= 15 is 0 Å². The van der Waals surface area contributed by atoms with E-state index in [-0.39, 0.29) is 22.8 Å². The van der Waals surface area contributed by atoms with Gasteiger partial charge in [0.1, 0.15) is 5.69 Å². The molecule has 3 aromatic rings. The zero-order chi connectivity index (χ0) is 23.3. The number of nitro benzene ring substituents is 1. The number of carbonyl (C=O) groups is 2. The fourth-order valence-electron chi connectivity index (χ4n) is 2.96. The Morgan fingerprint density at radius 2 is 1.66 bits per heavy atom. The Morgan fingerprint density at radius 1 is 1.00 bits per heavy atom. The van der Waals surface area contributed by atoms with Crippen molar-refractivity contribution in [3.05, 3.63) is 98.6 Å². The molecule has 3 rings (SSSR count). The maximum Gasteiger partial charge on any atom is 0.293 e. The normalized spacial score (nSPS) is 10.3. The number of nitro groups is 1. The van der Waals surface area contributed by atoms with Crippen LogP contribution < -0.4 is 10.6 Å². The number of benzene rings is 3. The van der Waals surface area contributed by atoms with E-state index in [4.69, 9.17) is 11.6 Å². The van der Waals surface area contributed by atoms with Gasteiger partial charge in [0.2, 0.25) is 0 Å². The van der Waals surface area contributed by atoms with E-state index in [2.05, 4.69) is 10.6 Å². The summed E-state index contributed by atoms with van der Waals surface area (Å²) in [5.41, 5.74) is 1.93. The predicted molar refractivity (Wildman–Crippen MR) is 124 cm³/mol. The standard InChI is InChI=1S/C23H21ClN4O4/c1-27(2)23(30)15-7-10-18(11-8-15)26-22(29)16-9-12-20(21(13-16)28(31)32)25-14-17-5-3-4-6-19(17)24/h3-13,25H,14H2,1-2H3,(H,26,29). The quantitative estimate of drug-likeness (QED) is 0.395. The monoisotopic (exact) mass is 452 g/mol. The molecule has 0 saturated carbocycles. The maximum atomic E-state index is 12.6. The summed E-state index contributed by atoms with van der Waals surface area (Å²) in [5, 5.41) is 17.8. The third kappa shape index (κ3) is 5.41. The number of hydrogen-bond donors (Lipinski definition) is 2. The van der Waals surface area contributed by atoms with Crippen LogP contribution in [-0.2, 0) is 6.54 Å². The molecule has 0 unspecified atom stereocenters. The van der Waals surface area contributed by atoms with Crippen molar-refractivity contribution in [2.45, 2.75) is 6.54 Å². The molecule has 3 aromatic carbocycles. The first-order chi connectivity index (χ1) is 15.3. The predicted octanol–water partition coefficient (Wildman–Crippen LogP) is 4.81. The second-order valence-corrected chi connectivity index (χ2v) is 7.57. The van der Waals surface area contributed by atoms with Gasteiger partial charge in [-0.05, 0) is 48.0 Å². The summed E-state index contributed by atoms with van der Waals surface area (Å²) < 4.78 is 0. The highest BCUT2D eigenvalue weighted by Gasteiger charge is 2.18. The molecule has 32 heavy (non-hydrogen) atoms. The molecule has 2 N–H and O–H groups in total. The van der Waals surface area contributed by atoms with Gasteiger partial charge in [-0.2, -0.15) is 0 Å². The summed E-state index contributed by atoms with van der Waals surface area (Å²) in [6, 6.07) is 17.8. The number of anilines is 2. The molecular formula is C23H21ClN4O4. The van der Waals surface area contributed by atoms with Crippen LogP contribution in [0.2, 0.25) is 5.02 Å². The molecule has 0 aromatic heterocycles. The summed E-state index contributed by atoms with van der Waals surface area (Å²) >= 11 is 6.13. The topological polar surface area (TPSA) is 105 Å². The third-order valence-corrected chi connectivity index (χ3v) is 5.05. The number of halogens is 1. The van der Waals surface area contributed by atoms with Crippen LogP contribution >= 0.6 is 11.6 Å². The lowest BCUT2D eigenvalue weighted by Crippen LogP contribution is -2.21. The number of nitrogens with zero attached hydrogens (tertiary/aromatic N) is 2. The van der Waals surface area contributed by atoms with E-state index in [9.17, 15) is 19.7 Å². The number of carbonyl (C=O) groups excluding carboxylic acids is 2. The average molecular weight is 453 g/mol. The third-order valence-electron chi connectivity index (χ3n) is 4.68. The Hall–Kier alpha value is -3.91. The molecule has 0 radical (unpaired) electrons. The fourth-order valence-corrected chi connectivity index (χ4v) is 3.17. The first kappa shape index (κ1) is 22.8. The Kier molecular flexibility index (Phi) is 7.07. The van der Waals surface area contributed by atoms with Gasteiger partial charge in [-0.1, -0.05) is 29.8 Å². The van der Waals surface area contributed by atoms with Crippen LogP contribution in [0.5, 0.6) is 0 Å². The minimum Gasteiger partial charge on any atom is -0.375 e. The zero-order valence-corrected chi connectivity index (χ0v) is 18.2. The van der Waals surface area contributed by atoms with Crippen LogP contribution in [0.4, 0.5) is 17.1 Å². The van der Waals surface area contributed by atoms with Crippen LogP contribution in [-0.4, -0.2) is 35.7 Å². The second kappa shape index (κ2) is 9.93. The molecular weight excluding hydrogens is 432 g/mol. The van der Waals surface area contributed by atoms with E-state index in [0.717, 1.165) is 5.56 Å². The Balaban J connectivity index is 1.74. The lowest BCUT2D eigenvalue weighted by atomic mass is 10.1. The van der Waals surface area contributed by atoms with E-state index in [1.54, 1.807) is 50.5 Å². The van der Waals surface area contributed by atoms with Crippen LogP contribution in [0.15, 0.2) is 66.7 Å². The van der Waals surface area contributed by atoms with Crippen molar-refractivity contribution in [2.75, 3.05) is 24.7 Å². The highest BCUT2D eigenvalue weighted by Crippen LogP contribution is 2.27. The van der Waals surface area contributed by atoms with Crippen molar-refractivity contribution in [1.82, 2.24) is 4.90 Å². The van der Waals surface area contributed by atoms with Crippen molar-refractivity contribution in [2.24, 2.45) is 0 Å². The summed E-state index contributed by atoms with van der Waals surface area (Å²) in [7, 11) is 3.30. The summed E-state index contributed by atoms with van der Waals surface area (Å²) in [4.78, 5) is 37.0. The van der Waals surface area contributed by atoms with E-state index in [0.29, 0.717) is 22.8 Å². The summed E-state index contributed by atoms with van der Waals surface area (Å²) in [5.74, 6) is -0.657. The number of amides is 2. The summed E-state index contributed by atoms with van der Waals surface area (Å²) in [6.45, 7) is 0.296. The largest absolute Gasteiger partial charge is 0.375 e. The highest BCUT2D eigenvalue weighted by atomic mass is 35.5. The number of hydrogen-bond acceptors (Lipinski definition) is 5. The van der Waals surface area contributed by atoms with Crippen molar-refractivity contribution in [3.8, 4) is 0 Å². The first-order valence-electron chi connectivity index (χ1n) is 9.65. The van der Waals surface area contributed by atoms with Crippen LogP contribution in [0.3, 0.4) is 0 Å². The van der Waals surface area contributed by atoms with Gasteiger partial charge in [-0.3, -0.25) is 19.7 Å². The number of nitrogens with one attached hydrogen (secondary N) is 2. The molecule has 0 saturated heterocycles. The van der Waals surface area contributed by atoms with Crippen LogP contribution in [0, 0.1) is 10.1 Å². The molecule has 8 nitrogen and oxygen atoms in total. The van der Waals surface area contributed by atoms with Crippen molar-refractivity contribution < 1.29 is 14.5 Å². The smallest absolute Gasteiger partial charge is 0.293 e. The molecule has 0 aliphatic carbocycles. The van der Waals surface area contributed by atoms with Crippen LogP contribution in [0.1, 0.15) is 26.3 Å². The van der Waals surface area contributed by atoms with Gasteiger partial charge < -0.3 is 15.5 Å². The average Bonchev–Trinajstić information content (AvgIpc) is 2.78. The SMILES string of the molecule is CN(C)C(=O)c1ccc(NC(=O)c2ccc(NCc3ccccc3Cl)c([N+](=O)[O-])c2)cc1. The summed E-state index contributed by atoms with van der Waals surface area (Å²) in [6.07, 6.45) is 0. The first-order valence-corrected chi connectivity index (χ1v) is 10.0. The van der Waals surface area contributed by atoms with E-state index in [1.807, 2.05) is 12.1 Å². The lowest BCUT2D eigenvalue weighted by molar-refractivity contribution is -0.384.